The monoisotopic (exact) mass is 479 g/mol. The Kier molecular flexibility index (Phi) is 9.07. The highest BCUT2D eigenvalue weighted by Gasteiger charge is 2.50. The van der Waals surface area contributed by atoms with Crippen LogP contribution in [-0.2, 0) is 30.5 Å². The predicted octanol–water partition coefficient (Wildman–Crippen LogP) is 5.18. The SMILES string of the molecule is COC(=O)[C@@H]1C[C@@H](C(C)C)[C@H](c2ccccc2)N1C(=O)[C@H](CC(=O)OCc1ccccc1)C(C)C. The molecule has 1 heterocycles. The maximum Gasteiger partial charge on any atom is 0.328 e. The van der Waals surface area contributed by atoms with Crippen LogP contribution in [0, 0.1) is 23.7 Å². The Balaban J connectivity index is 1.88. The molecule has 1 aliphatic heterocycles. The molecule has 188 valence electrons. The number of nitrogens with zero attached hydrogens (tertiary/aromatic N) is 1. The van der Waals surface area contributed by atoms with Gasteiger partial charge in [-0.2, -0.15) is 0 Å². The lowest BCUT2D eigenvalue weighted by molar-refractivity contribution is -0.157. The van der Waals surface area contributed by atoms with E-state index in [1.807, 2.05) is 74.5 Å². The van der Waals surface area contributed by atoms with Gasteiger partial charge in [0.25, 0.3) is 0 Å². The van der Waals surface area contributed by atoms with Crippen LogP contribution in [0.5, 0.6) is 0 Å². The maximum atomic E-state index is 14.1. The molecule has 6 heteroatoms. The number of hydrogen-bond acceptors (Lipinski definition) is 5. The smallest absolute Gasteiger partial charge is 0.328 e. The fraction of sp³-hybridized carbons (Fsp3) is 0.483. The number of benzene rings is 2. The van der Waals surface area contributed by atoms with Gasteiger partial charge in [0.05, 0.1) is 25.5 Å². The standard InChI is InChI=1S/C29H37NO5/c1-19(2)23-16-25(29(33)34-5)30(27(23)22-14-10-7-11-15-22)28(32)24(20(3)4)17-26(31)35-18-21-12-8-6-9-13-21/h6-15,19-20,23-25,27H,16-18H2,1-5H3/t23-,24+,25-,27-/m0/s1. The van der Waals surface area contributed by atoms with Crippen LogP contribution in [0.1, 0.15) is 57.7 Å². The third kappa shape index (κ3) is 6.30. The summed E-state index contributed by atoms with van der Waals surface area (Å²) in [6.07, 6.45) is 0.487. The first kappa shape index (κ1) is 26.5. The van der Waals surface area contributed by atoms with Crippen molar-refractivity contribution in [2.45, 2.75) is 59.2 Å². The fourth-order valence-corrected chi connectivity index (χ4v) is 5.01. The number of esters is 2. The summed E-state index contributed by atoms with van der Waals surface area (Å²) in [5, 5.41) is 0. The van der Waals surface area contributed by atoms with Crippen molar-refractivity contribution in [1.29, 1.82) is 0 Å². The molecule has 3 rings (SSSR count). The molecular weight excluding hydrogens is 442 g/mol. The van der Waals surface area contributed by atoms with Crippen molar-refractivity contribution in [1.82, 2.24) is 4.90 Å². The molecule has 2 aromatic rings. The number of rotatable bonds is 9. The maximum absolute atomic E-state index is 14.1. The van der Waals surface area contributed by atoms with Gasteiger partial charge in [0.15, 0.2) is 0 Å². The predicted molar refractivity (Wildman–Crippen MR) is 134 cm³/mol. The quantitative estimate of drug-likeness (QED) is 0.464. The molecule has 2 aromatic carbocycles. The third-order valence-corrected chi connectivity index (χ3v) is 7.01. The van der Waals surface area contributed by atoms with E-state index >= 15 is 0 Å². The number of amides is 1. The molecule has 0 unspecified atom stereocenters. The van der Waals surface area contributed by atoms with Crippen LogP contribution >= 0.6 is 0 Å². The van der Waals surface area contributed by atoms with E-state index in [0.29, 0.717) is 6.42 Å². The normalized spacial score (nSPS) is 20.7. The molecule has 0 aromatic heterocycles. The molecule has 0 radical (unpaired) electrons. The highest BCUT2D eigenvalue weighted by Crippen LogP contribution is 2.46. The second-order valence-electron chi connectivity index (χ2n) is 9.98. The molecular formula is C29H37NO5. The zero-order chi connectivity index (χ0) is 25.5. The van der Waals surface area contributed by atoms with Crippen LogP contribution < -0.4 is 0 Å². The van der Waals surface area contributed by atoms with E-state index in [1.165, 1.54) is 7.11 Å². The van der Waals surface area contributed by atoms with E-state index in [-0.39, 0.29) is 42.7 Å². The highest BCUT2D eigenvalue weighted by atomic mass is 16.5. The minimum Gasteiger partial charge on any atom is -0.467 e. The lowest BCUT2D eigenvalue weighted by Gasteiger charge is -2.35. The number of carbonyl (C=O) groups excluding carboxylic acids is 3. The number of hydrogen-bond donors (Lipinski definition) is 0. The average molecular weight is 480 g/mol. The van der Waals surface area contributed by atoms with E-state index in [9.17, 15) is 14.4 Å². The first-order valence-electron chi connectivity index (χ1n) is 12.4. The molecule has 0 saturated carbocycles. The summed E-state index contributed by atoms with van der Waals surface area (Å²) in [6, 6.07) is 18.3. The van der Waals surface area contributed by atoms with Gasteiger partial charge in [0.2, 0.25) is 5.91 Å². The van der Waals surface area contributed by atoms with Crippen LogP contribution in [0.15, 0.2) is 60.7 Å². The molecule has 0 bridgehead atoms. The van der Waals surface area contributed by atoms with Crippen molar-refractivity contribution in [2.75, 3.05) is 7.11 Å². The zero-order valence-corrected chi connectivity index (χ0v) is 21.3. The second kappa shape index (κ2) is 12.0. The fourth-order valence-electron chi connectivity index (χ4n) is 5.01. The average Bonchev–Trinajstić information content (AvgIpc) is 3.27. The van der Waals surface area contributed by atoms with E-state index < -0.39 is 23.9 Å². The third-order valence-electron chi connectivity index (χ3n) is 7.01. The summed E-state index contributed by atoms with van der Waals surface area (Å²) in [5.41, 5.74) is 1.88. The molecule has 6 nitrogen and oxygen atoms in total. The minimum atomic E-state index is -0.688. The summed E-state index contributed by atoms with van der Waals surface area (Å²) < 4.78 is 10.6. The molecule has 0 aliphatic carbocycles. The van der Waals surface area contributed by atoms with Gasteiger partial charge in [0.1, 0.15) is 12.6 Å². The lowest BCUT2D eigenvalue weighted by atomic mass is 9.84. The van der Waals surface area contributed by atoms with Crippen LogP contribution in [0.25, 0.3) is 0 Å². The summed E-state index contributed by atoms with van der Waals surface area (Å²) in [5.74, 6) is -1.43. The van der Waals surface area contributed by atoms with Crippen LogP contribution in [0.3, 0.4) is 0 Å². The molecule has 4 atom stereocenters. The van der Waals surface area contributed by atoms with Gasteiger partial charge in [-0.25, -0.2) is 4.79 Å². The number of carbonyl (C=O) groups is 3. The molecule has 0 N–H and O–H groups in total. The van der Waals surface area contributed by atoms with Crippen LogP contribution in [0.4, 0.5) is 0 Å². The zero-order valence-electron chi connectivity index (χ0n) is 21.3. The Morgan fingerprint density at radius 3 is 2.09 bits per heavy atom. The van der Waals surface area contributed by atoms with Crippen LogP contribution in [0.2, 0.25) is 0 Å². The molecule has 35 heavy (non-hydrogen) atoms. The summed E-state index contributed by atoms with van der Waals surface area (Å²) >= 11 is 0. The Morgan fingerprint density at radius 2 is 1.54 bits per heavy atom. The Morgan fingerprint density at radius 1 is 0.943 bits per heavy atom. The van der Waals surface area contributed by atoms with Crippen molar-refractivity contribution in [2.24, 2.45) is 23.7 Å². The summed E-state index contributed by atoms with van der Waals surface area (Å²) in [6.45, 7) is 8.24. The summed E-state index contributed by atoms with van der Waals surface area (Å²) in [4.78, 5) is 41.4. The minimum absolute atomic E-state index is 0.0401. The van der Waals surface area contributed by atoms with E-state index in [1.54, 1.807) is 4.90 Å². The lowest BCUT2D eigenvalue weighted by Crippen LogP contribution is -2.47. The van der Waals surface area contributed by atoms with Crippen molar-refractivity contribution in [3.05, 3.63) is 71.8 Å². The Hall–Kier alpha value is -3.15. The summed E-state index contributed by atoms with van der Waals surface area (Å²) in [7, 11) is 1.35. The van der Waals surface area contributed by atoms with Crippen molar-refractivity contribution in [3.63, 3.8) is 0 Å². The largest absolute Gasteiger partial charge is 0.467 e. The number of methoxy groups -OCH3 is 1. The van der Waals surface area contributed by atoms with Gasteiger partial charge in [-0.15, -0.1) is 0 Å². The molecule has 1 fully saturated rings. The van der Waals surface area contributed by atoms with Gasteiger partial charge < -0.3 is 14.4 Å². The van der Waals surface area contributed by atoms with Gasteiger partial charge in [-0.05, 0) is 35.3 Å². The van der Waals surface area contributed by atoms with Gasteiger partial charge >= 0.3 is 11.9 Å². The van der Waals surface area contributed by atoms with Gasteiger partial charge in [-0.3, -0.25) is 9.59 Å². The molecule has 1 saturated heterocycles. The Bertz CT molecular complexity index is 989. The first-order chi connectivity index (χ1) is 16.7. The molecule has 0 spiro atoms. The van der Waals surface area contributed by atoms with Crippen molar-refractivity contribution < 1.29 is 23.9 Å². The molecule has 1 aliphatic rings. The Labute approximate surface area is 208 Å². The van der Waals surface area contributed by atoms with Crippen molar-refractivity contribution >= 4 is 17.8 Å². The van der Waals surface area contributed by atoms with Crippen molar-refractivity contribution in [3.8, 4) is 0 Å². The first-order valence-corrected chi connectivity index (χ1v) is 12.4. The topological polar surface area (TPSA) is 72.9 Å². The number of ether oxygens (including phenoxy) is 2. The van der Waals surface area contributed by atoms with E-state index in [2.05, 4.69) is 13.8 Å². The second-order valence-corrected chi connectivity index (χ2v) is 9.98. The van der Waals surface area contributed by atoms with Crippen LogP contribution in [-0.4, -0.2) is 35.9 Å². The highest BCUT2D eigenvalue weighted by molar-refractivity contribution is 5.89. The van der Waals surface area contributed by atoms with Gasteiger partial charge in [0, 0.05) is 0 Å². The molecule has 1 amide bonds. The van der Waals surface area contributed by atoms with E-state index in [4.69, 9.17) is 9.47 Å². The van der Waals surface area contributed by atoms with E-state index in [0.717, 1.165) is 11.1 Å². The van der Waals surface area contributed by atoms with Gasteiger partial charge in [-0.1, -0.05) is 88.4 Å². The number of likely N-dealkylation sites (tertiary alicyclic amines) is 1.